The molecule has 9 heteroatoms. The first-order chi connectivity index (χ1) is 8.60. The van der Waals surface area contributed by atoms with Crippen LogP contribution in [0, 0.1) is 0 Å². The molecule has 0 bridgehead atoms. The van der Waals surface area contributed by atoms with E-state index in [-0.39, 0.29) is 12.2 Å². The molecule has 0 unspecified atom stereocenters. The molecule has 0 spiro atoms. The van der Waals surface area contributed by atoms with Crippen LogP contribution in [0.15, 0.2) is 25.3 Å². The van der Waals surface area contributed by atoms with Gasteiger partial charge < -0.3 is 25.2 Å². The molecular weight excluding hydrogens is 264 g/mol. The first kappa shape index (κ1) is 16.3. The fourth-order valence-corrected chi connectivity index (χ4v) is 1.04. The van der Waals surface area contributed by atoms with Crippen molar-refractivity contribution in [2.45, 2.75) is 11.2 Å². The van der Waals surface area contributed by atoms with Crippen LogP contribution in [0.2, 0.25) is 0 Å². The molecule has 0 heterocycles. The van der Waals surface area contributed by atoms with Gasteiger partial charge in [0, 0.05) is 0 Å². The van der Waals surface area contributed by atoms with E-state index in [0.717, 1.165) is 0 Å². The quantitative estimate of drug-likeness (QED) is 0.328. The lowest BCUT2D eigenvalue weighted by atomic mass is 9.99. The topological polar surface area (TPSA) is 158 Å². The molecule has 19 heavy (non-hydrogen) atoms. The van der Waals surface area contributed by atoms with E-state index in [4.69, 9.17) is 20.4 Å². The Bertz CT molecular complexity index is 392. The summed E-state index contributed by atoms with van der Waals surface area (Å²) in [6.07, 6.45) is 0.531. The van der Waals surface area contributed by atoms with Crippen molar-refractivity contribution >= 4 is 23.9 Å². The normalized spacial score (nSPS) is 11.4. The summed E-state index contributed by atoms with van der Waals surface area (Å²) in [6, 6.07) is 0. The Labute approximate surface area is 106 Å². The predicted molar refractivity (Wildman–Crippen MR) is 57.5 cm³/mol. The van der Waals surface area contributed by atoms with Gasteiger partial charge in [-0.05, 0) is 12.2 Å². The molecule has 0 saturated carbocycles. The summed E-state index contributed by atoms with van der Waals surface area (Å²) in [5.74, 6) is -8.54. The zero-order chi connectivity index (χ0) is 15.4. The van der Waals surface area contributed by atoms with Gasteiger partial charge in [-0.1, -0.05) is 13.2 Å². The minimum atomic E-state index is -3.25. The molecule has 0 radical (unpaired) electrons. The SMILES string of the molecule is C=CC(OC(C=C)(C(=O)O)C(=O)O)(C(=O)O)C(=O)O. The van der Waals surface area contributed by atoms with Gasteiger partial charge >= 0.3 is 23.9 Å². The molecule has 0 aliphatic rings. The van der Waals surface area contributed by atoms with Crippen LogP contribution in [0.4, 0.5) is 0 Å². The summed E-state index contributed by atoms with van der Waals surface area (Å²) < 4.78 is 4.34. The number of carboxylic acids is 4. The third-order valence-corrected chi connectivity index (χ3v) is 2.17. The Morgan fingerprint density at radius 2 is 0.947 bits per heavy atom. The van der Waals surface area contributed by atoms with E-state index in [1.807, 2.05) is 0 Å². The molecule has 0 amide bonds. The minimum absolute atomic E-state index is 0.266. The molecule has 104 valence electrons. The molecule has 0 aromatic carbocycles. The Morgan fingerprint density at radius 1 is 0.737 bits per heavy atom. The van der Waals surface area contributed by atoms with Gasteiger partial charge in [-0.15, -0.1) is 0 Å². The second-order valence-electron chi connectivity index (χ2n) is 3.20. The van der Waals surface area contributed by atoms with Crippen molar-refractivity contribution in [2.24, 2.45) is 0 Å². The Hall–Kier alpha value is -2.68. The van der Waals surface area contributed by atoms with E-state index in [1.54, 1.807) is 0 Å². The van der Waals surface area contributed by atoms with E-state index in [2.05, 4.69) is 17.9 Å². The lowest BCUT2D eigenvalue weighted by Crippen LogP contribution is -2.59. The van der Waals surface area contributed by atoms with Crippen molar-refractivity contribution < 1.29 is 44.3 Å². The summed E-state index contributed by atoms with van der Waals surface area (Å²) in [4.78, 5) is 43.7. The van der Waals surface area contributed by atoms with Crippen LogP contribution >= 0.6 is 0 Å². The van der Waals surface area contributed by atoms with Crippen LogP contribution in [0.1, 0.15) is 0 Å². The van der Waals surface area contributed by atoms with E-state index < -0.39 is 35.1 Å². The van der Waals surface area contributed by atoms with Crippen LogP contribution in [0.3, 0.4) is 0 Å². The molecule has 0 fully saturated rings. The number of hydrogen-bond donors (Lipinski definition) is 4. The highest BCUT2D eigenvalue weighted by Gasteiger charge is 2.57. The average Bonchev–Trinajstić information content (AvgIpc) is 2.29. The standard InChI is InChI=1S/C10H10O9/c1-3-9(5(11)12,6(13)14)19-10(4-2,7(15)16)8(17)18/h3-4H,1-2H2,(H,11,12)(H,13,14)(H,15,16)(H,17,18). The van der Waals surface area contributed by atoms with Crippen LogP contribution in [0.25, 0.3) is 0 Å². The van der Waals surface area contributed by atoms with Gasteiger partial charge in [0.2, 0.25) is 0 Å². The number of aliphatic carboxylic acids is 4. The third kappa shape index (κ3) is 2.45. The fourth-order valence-electron chi connectivity index (χ4n) is 1.04. The van der Waals surface area contributed by atoms with Crippen molar-refractivity contribution in [3.05, 3.63) is 25.3 Å². The van der Waals surface area contributed by atoms with Gasteiger partial charge in [0.25, 0.3) is 11.2 Å². The van der Waals surface area contributed by atoms with Gasteiger partial charge in [-0.25, -0.2) is 19.2 Å². The predicted octanol–water partition coefficient (Wildman–Crippen LogP) is -0.809. The van der Waals surface area contributed by atoms with Crippen LogP contribution < -0.4 is 0 Å². The van der Waals surface area contributed by atoms with Gasteiger partial charge in [0.15, 0.2) is 0 Å². The van der Waals surface area contributed by atoms with Crippen molar-refractivity contribution in [3.63, 3.8) is 0 Å². The Balaban J connectivity index is 6.05. The Morgan fingerprint density at radius 3 is 1.05 bits per heavy atom. The molecule has 0 aromatic rings. The summed E-state index contributed by atoms with van der Waals surface area (Å²) in [5, 5.41) is 35.3. The monoisotopic (exact) mass is 274 g/mol. The zero-order valence-corrected chi connectivity index (χ0v) is 9.40. The second-order valence-corrected chi connectivity index (χ2v) is 3.20. The van der Waals surface area contributed by atoms with Gasteiger partial charge in [-0.3, -0.25) is 0 Å². The van der Waals surface area contributed by atoms with E-state index in [9.17, 15) is 19.2 Å². The number of carbonyl (C=O) groups is 4. The van der Waals surface area contributed by atoms with Crippen molar-refractivity contribution in [1.29, 1.82) is 0 Å². The summed E-state index contributed by atoms with van der Waals surface area (Å²) >= 11 is 0. The van der Waals surface area contributed by atoms with Crippen LogP contribution in [-0.2, 0) is 23.9 Å². The van der Waals surface area contributed by atoms with Crippen LogP contribution in [0.5, 0.6) is 0 Å². The van der Waals surface area contributed by atoms with E-state index in [0.29, 0.717) is 0 Å². The summed E-state index contributed by atoms with van der Waals surface area (Å²) in [6.45, 7) is 5.81. The zero-order valence-electron chi connectivity index (χ0n) is 9.40. The smallest absolute Gasteiger partial charge is 0.352 e. The molecule has 0 aliphatic heterocycles. The maximum Gasteiger partial charge on any atom is 0.352 e. The van der Waals surface area contributed by atoms with Gasteiger partial charge in [-0.2, -0.15) is 0 Å². The summed E-state index contributed by atoms with van der Waals surface area (Å²) in [7, 11) is 0. The minimum Gasteiger partial charge on any atom is -0.478 e. The largest absolute Gasteiger partial charge is 0.478 e. The molecule has 0 rings (SSSR count). The molecule has 0 aromatic heterocycles. The van der Waals surface area contributed by atoms with Gasteiger partial charge in [0.05, 0.1) is 0 Å². The van der Waals surface area contributed by atoms with E-state index in [1.165, 1.54) is 0 Å². The fraction of sp³-hybridized carbons (Fsp3) is 0.200. The highest BCUT2D eigenvalue weighted by molar-refractivity contribution is 6.08. The Kier molecular flexibility index (Phi) is 4.56. The maximum absolute atomic E-state index is 10.9. The second kappa shape index (κ2) is 5.31. The van der Waals surface area contributed by atoms with Crippen LogP contribution in [-0.4, -0.2) is 55.5 Å². The number of hydrogen-bond acceptors (Lipinski definition) is 5. The van der Waals surface area contributed by atoms with Crippen molar-refractivity contribution in [3.8, 4) is 0 Å². The molecule has 4 N–H and O–H groups in total. The first-order valence-corrected chi connectivity index (χ1v) is 4.51. The highest BCUT2D eigenvalue weighted by atomic mass is 16.6. The number of carboxylic acid groups (broad SMARTS) is 4. The lowest BCUT2D eigenvalue weighted by molar-refractivity contribution is -0.203. The maximum atomic E-state index is 10.9. The average molecular weight is 274 g/mol. The molecule has 0 aliphatic carbocycles. The molecule has 0 saturated heterocycles. The molecule has 0 atom stereocenters. The van der Waals surface area contributed by atoms with E-state index >= 15 is 0 Å². The highest BCUT2D eigenvalue weighted by Crippen LogP contribution is 2.25. The molecular formula is C10H10O9. The first-order valence-electron chi connectivity index (χ1n) is 4.51. The van der Waals surface area contributed by atoms with Gasteiger partial charge in [0.1, 0.15) is 0 Å². The van der Waals surface area contributed by atoms with Crippen molar-refractivity contribution in [2.75, 3.05) is 0 Å². The number of rotatable bonds is 8. The lowest BCUT2D eigenvalue weighted by Gasteiger charge is -2.30. The molecule has 9 nitrogen and oxygen atoms in total. The van der Waals surface area contributed by atoms with Crippen molar-refractivity contribution in [1.82, 2.24) is 0 Å². The summed E-state index contributed by atoms with van der Waals surface area (Å²) in [5.41, 5.74) is -6.49. The third-order valence-electron chi connectivity index (χ3n) is 2.17. The number of ether oxygens (including phenoxy) is 1.